The van der Waals surface area contributed by atoms with E-state index in [2.05, 4.69) is 4.98 Å². The van der Waals surface area contributed by atoms with E-state index in [0.717, 1.165) is 22.2 Å². The molecule has 11 heavy (non-hydrogen) atoms. The van der Waals surface area contributed by atoms with Crippen LogP contribution in [0, 0.1) is 6.92 Å². The van der Waals surface area contributed by atoms with E-state index < -0.39 is 0 Å². The number of pyridine rings is 1. The number of thioether (sulfide) groups is 1. The first-order valence-corrected chi connectivity index (χ1v) is 3.89. The van der Waals surface area contributed by atoms with E-state index in [4.69, 9.17) is 5.73 Å². The molecule has 0 bridgehead atoms. The van der Waals surface area contributed by atoms with Crippen molar-refractivity contribution in [1.29, 1.82) is 0 Å². The zero-order chi connectivity index (χ0) is 8.27. The van der Waals surface area contributed by atoms with Crippen LogP contribution < -0.4 is 5.73 Å². The Labute approximate surface area is 69.0 Å². The second kappa shape index (κ2) is 3.39. The Morgan fingerprint density at radius 1 is 1.73 bits per heavy atom. The molecule has 0 saturated heterocycles. The standard InChI is InChI=1S/C7H8N2OS/c1-5-4-9-3-2-6(5)11-7(8)10/h2-4H,1H3,(H2,8,10). The predicted octanol–water partition coefficient (Wildman–Crippen LogP) is 1.56. The van der Waals surface area contributed by atoms with E-state index in [1.54, 1.807) is 18.5 Å². The maximum atomic E-state index is 10.5. The van der Waals surface area contributed by atoms with E-state index >= 15 is 0 Å². The minimum Gasteiger partial charge on any atom is -0.360 e. The molecule has 2 N–H and O–H groups in total. The van der Waals surface area contributed by atoms with Gasteiger partial charge in [0.25, 0.3) is 5.24 Å². The lowest BCUT2D eigenvalue weighted by molar-refractivity contribution is 0.267. The topological polar surface area (TPSA) is 56.0 Å². The molecule has 1 amide bonds. The second-order valence-electron chi connectivity index (χ2n) is 2.06. The lowest BCUT2D eigenvalue weighted by Crippen LogP contribution is -2.02. The first-order valence-electron chi connectivity index (χ1n) is 3.08. The summed E-state index contributed by atoms with van der Waals surface area (Å²) in [5.41, 5.74) is 5.97. The van der Waals surface area contributed by atoms with Gasteiger partial charge in [0.2, 0.25) is 0 Å². The number of nitrogens with two attached hydrogens (primary N) is 1. The van der Waals surface area contributed by atoms with Gasteiger partial charge in [0, 0.05) is 17.3 Å². The molecule has 0 spiro atoms. The monoisotopic (exact) mass is 168 g/mol. The van der Waals surface area contributed by atoms with Gasteiger partial charge in [-0.1, -0.05) is 0 Å². The third-order valence-corrected chi connectivity index (χ3v) is 2.06. The van der Waals surface area contributed by atoms with E-state index in [9.17, 15) is 4.79 Å². The quantitative estimate of drug-likeness (QED) is 0.647. The molecule has 4 heteroatoms. The maximum absolute atomic E-state index is 10.5. The predicted molar refractivity (Wildman–Crippen MR) is 44.4 cm³/mol. The summed E-state index contributed by atoms with van der Waals surface area (Å²) in [7, 11) is 0. The molecule has 1 rings (SSSR count). The number of rotatable bonds is 1. The maximum Gasteiger partial charge on any atom is 0.281 e. The lowest BCUT2D eigenvalue weighted by atomic mass is 10.3. The first kappa shape index (κ1) is 8.07. The molecule has 0 aliphatic heterocycles. The zero-order valence-corrected chi connectivity index (χ0v) is 6.89. The van der Waals surface area contributed by atoms with E-state index in [1.807, 2.05) is 6.92 Å². The van der Waals surface area contributed by atoms with Gasteiger partial charge in [0.1, 0.15) is 0 Å². The number of hydrogen-bond acceptors (Lipinski definition) is 3. The molecule has 58 valence electrons. The molecule has 0 atom stereocenters. The number of primary amides is 1. The van der Waals surface area contributed by atoms with E-state index in [1.165, 1.54) is 0 Å². The minimum absolute atomic E-state index is 0.390. The van der Waals surface area contributed by atoms with Crippen molar-refractivity contribution in [1.82, 2.24) is 4.98 Å². The fourth-order valence-electron chi connectivity index (χ4n) is 0.684. The van der Waals surface area contributed by atoms with Crippen LogP contribution in [0.15, 0.2) is 23.4 Å². The third-order valence-electron chi connectivity index (χ3n) is 1.18. The van der Waals surface area contributed by atoms with Gasteiger partial charge in [0.15, 0.2) is 0 Å². The highest BCUT2D eigenvalue weighted by Gasteiger charge is 2.01. The van der Waals surface area contributed by atoms with Crippen LogP contribution in [0.4, 0.5) is 4.79 Å². The van der Waals surface area contributed by atoms with Gasteiger partial charge < -0.3 is 5.73 Å². The Hall–Kier alpha value is -1.03. The Morgan fingerprint density at radius 2 is 2.45 bits per heavy atom. The minimum atomic E-state index is -0.390. The Balaban J connectivity index is 2.86. The smallest absolute Gasteiger partial charge is 0.281 e. The van der Waals surface area contributed by atoms with Crippen molar-refractivity contribution >= 4 is 17.0 Å². The third kappa shape index (κ3) is 2.23. The number of hydrogen-bond donors (Lipinski definition) is 1. The molecule has 0 aliphatic rings. The molecule has 3 nitrogen and oxygen atoms in total. The summed E-state index contributed by atoms with van der Waals surface area (Å²) >= 11 is 1.02. The summed E-state index contributed by atoms with van der Waals surface area (Å²) in [6, 6.07) is 1.77. The highest BCUT2D eigenvalue weighted by Crippen LogP contribution is 2.19. The highest BCUT2D eigenvalue weighted by molar-refractivity contribution is 8.13. The summed E-state index contributed by atoms with van der Waals surface area (Å²) in [5.74, 6) is 0. The second-order valence-corrected chi connectivity index (χ2v) is 3.11. The van der Waals surface area contributed by atoms with Crippen molar-refractivity contribution in [3.05, 3.63) is 24.0 Å². The van der Waals surface area contributed by atoms with Crippen molar-refractivity contribution in [2.24, 2.45) is 5.73 Å². The molecule has 0 fully saturated rings. The van der Waals surface area contributed by atoms with Gasteiger partial charge in [-0.05, 0) is 30.3 Å². The number of nitrogens with zero attached hydrogens (tertiary/aromatic N) is 1. The Morgan fingerprint density at radius 3 is 3.00 bits per heavy atom. The number of aromatic nitrogens is 1. The van der Waals surface area contributed by atoms with Crippen LogP contribution in [0.2, 0.25) is 0 Å². The van der Waals surface area contributed by atoms with Crippen LogP contribution in [-0.4, -0.2) is 10.2 Å². The summed E-state index contributed by atoms with van der Waals surface area (Å²) < 4.78 is 0. The van der Waals surface area contributed by atoms with E-state index in [-0.39, 0.29) is 5.24 Å². The number of amides is 1. The molecule has 0 aliphatic carbocycles. The fourth-order valence-corrected chi connectivity index (χ4v) is 1.24. The summed E-state index contributed by atoms with van der Waals surface area (Å²) in [5, 5.41) is -0.390. The van der Waals surface area contributed by atoms with Crippen molar-refractivity contribution < 1.29 is 4.79 Å². The normalized spacial score (nSPS) is 9.55. The van der Waals surface area contributed by atoms with E-state index in [0.29, 0.717) is 0 Å². The largest absolute Gasteiger partial charge is 0.360 e. The van der Waals surface area contributed by atoms with Crippen LogP contribution in [0.3, 0.4) is 0 Å². The molecule has 0 saturated carbocycles. The highest BCUT2D eigenvalue weighted by atomic mass is 32.2. The molecule has 0 radical (unpaired) electrons. The van der Waals surface area contributed by atoms with Gasteiger partial charge in [-0.25, -0.2) is 0 Å². The molecule has 1 aromatic heterocycles. The average molecular weight is 168 g/mol. The summed E-state index contributed by atoms with van der Waals surface area (Å²) in [4.78, 5) is 15.2. The lowest BCUT2D eigenvalue weighted by Gasteiger charge is -1.98. The SMILES string of the molecule is Cc1cnccc1SC(N)=O. The van der Waals surface area contributed by atoms with Crippen LogP contribution in [0.1, 0.15) is 5.56 Å². The zero-order valence-electron chi connectivity index (χ0n) is 6.07. The van der Waals surface area contributed by atoms with Crippen LogP contribution in [-0.2, 0) is 0 Å². The number of carbonyl (C=O) groups excluding carboxylic acids is 1. The van der Waals surface area contributed by atoms with Crippen molar-refractivity contribution in [3.63, 3.8) is 0 Å². The molecular formula is C7H8N2OS. The van der Waals surface area contributed by atoms with Gasteiger partial charge in [0.05, 0.1) is 0 Å². The van der Waals surface area contributed by atoms with Crippen molar-refractivity contribution in [2.45, 2.75) is 11.8 Å². The fraction of sp³-hybridized carbons (Fsp3) is 0.143. The summed E-state index contributed by atoms with van der Waals surface area (Å²) in [6.45, 7) is 1.89. The van der Waals surface area contributed by atoms with Gasteiger partial charge >= 0.3 is 0 Å². The molecule has 1 heterocycles. The van der Waals surface area contributed by atoms with Crippen molar-refractivity contribution in [3.8, 4) is 0 Å². The molecule has 1 aromatic rings. The van der Waals surface area contributed by atoms with Gasteiger partial charge in [-0.3, -0.25) is 9.78 Å². The number of aryl methyl sites for hydroxylation is 1. The molecule has 0 unspecified atom stereocenters. The van der Waals surface area contributed by atoms with Gasteiger partial charge in [-0.2, -0.15) is 0 Å². The van der Waals surface area contributed by atoms with Crippen molar-refractivity contribution in [2.75, 3.05) is 0 Å². The van der Waals surface area contributed by atoms with Crippen LogP contribution >= 0.6 is 11.8 Å². The van der Waals surface area contributed by atoms with Crippen LogP contribution in [0.25, 0.3) is 0 Å². The van der Waals surface area contributed by atoms with Gasteiger partial charge in [-0.15, -0.1) is 0 Å². The Bertz CT molecular complexity index is 275. The molecule has 0 aromatic carbocycles. The first-order chi connectivity index (χ1) is 5.20. The van der Waals surface area contributed by atoms with Crippen LogP contribution in [0.5, 0.6) is 0 Å². The molecular weight excluding hydrogens is 160 g/mol. The number of carbonyl (C=O) groups is 1. The Kier molecular flexibility index (Phi) is 2.48. The average Bonchev–Trinajstić information content (AvgIpc) is 1.93. The summed E-state index contributed by atoms with van der Waals surface area (Å²) in [6.07, 6.45) is 3.34.